The second-order valence-electron chi connectivity index (χ2n) is 6.62. The minimum absolute atomic E-state index is 0.00682. The summed E-state index contributed by atoms with van der Waals surface area (Å²) in [5, 5.41) is 7.72. The fourth-order valence-corrected chi connectivity index (χ4v) is 4.38. The number of aromatic nitrogens is 3. The van der Waals surface area contributed by atoms with E-state index in [2.05, 4.69) is 15.0 Å². The highest BCUT2D eigenvalue weighted by molar-refractivity contribution is 7.89. The van der Waals surface area contributed by atoms with Crippen molar-refractivity contribution in [3.8, 4) is 0 Å². The van der Waals surface area contributed by atoms with E-state index >= 15 is 0 Å². The summed E-state index contributed by atoms with van der Waals surface area (Å²) in [4.78, 5) is 2.24. The summed E-state index contributed by atoms with van der Waals surface area (Å²) in [6.07, 6.45) is 5.13. The Morgan fingerprint density at radius 2 is 2.08 bits per heavy atom. The zero-order chi connectivity index (χ0) is 17.3. The van der Waals surface area contributed by atoms with Gasteiger partial charge in [0.2, 0.25) is 10.0 Å². The van der Waals surface area contributed by atoms with Gasteiger partial charge in [-0.3, -0.25) is 4.68 Å². The summed E-state index contributed by atoms with van der Waals surface area (Å²) < 4.78 is 29.8. The number of hydrogen-bond donors (Lipinski definition) is 1. The quantitative estimate of drug-likeness (QED) is 0.853. The monoisotopic (exact) mass is 349 g/mol. The average molecular weight is 349 g/mol. The summed E-state index contributed by atoms with van der Waals surface area (Å²) >= 11 is 0. The van der Waals surface area contributed by atoms with Gasteiger partial charge in [0.1, 0.15) is 0 Å². The van der Waals surface area contributed by atoms with Crippen LogP contribution in [0.5, 0.6) is 0 Å². The van der Waals surface area contributed by atoms with Crippen LogP contribution >= 0.6 is 0 Å². The van der Waals surface area contributed by atoms with Gasteiger partial charge in [-0.05, 0) is 43.4 Å². The van der Waals surface area contributed by atoms with Gasteiger partial charge in [-0.1, -0.05) is 11.3 Å². The molecule has 7 nitrogen and oxygen atoms in total. The van der Waals surface area contributed by atoms with Gasteiger partial charge in [0.15, 0.2) is 0 Å². The first-order valence-electron chi connectivity index (χ1n) is 7.99. The molecule has 1 aromatic carbocycles. The van der Waals surface area contributed by atoms with E-state index in [4.69, 9.17) is 0 Å². The fourth-order valence-electron chi connectivity index (χ4n) is 3.10. The summed E-state index contributed by atoms with van der Waals surface area (Å²) in [6, 6.07) is 5.23. The second-order valence-corrected chi connectivity index (χ2v) is 8.34. The highest BCUT2D eigenvalue weighted by atomic mass is 32.2. The molecule has 2 aromatic rings. The van der Waals surface area contributed by atoms with Crippen LogP contribution in [0.1, 0.15) is 18.4 Å². The maximum Gasteiger partial charge on any atom is 0.240 e. The molecular weight excluding hydrogens is 326 g/mol. The predicted octanol–water partition coefficient (Wildman–Crippen LogP) is 1.41. The molecule has 1 N–H and O–H groups in total. The lowest BCUT2D eigenvalue weighted by molar-refractivity contribution is 0.212. The van der Waals surface area contributed by atoms with Gasteiger partial charge in [0.05, 0.1) is 11.1 Å². The second kappa shape index (κ2) is 6.52. The van der Waals surface area contributed by atoms with Crippen LogP contribution in [0.2, 0.25) is 0 Å². The maximum atomic E-state index is 12.6. The molecule has 130 valence electrons. The Balaban J connectivity index is 1.62. The van der Waals surface area contributed by atoms with Crippen molar-refractivity contribution in [1.82, 2.24) is 19.7 Å². The molecule has 0 spiro atoms. The van der Waals surface area contributed by atoms with Crippen LogP contribution in [0, 0.1) is 12.8 Å². The molecule has 24 heavy (non-hydrogen) atoms. The summed E-state index contributed by atoms with van der Waals surface area (Å²) in [6.45, 7) is 2.76. The normalized spacial score (nSPS) is 20.6. The van der Waals surface area contributed by atoms with Gasteiger partial charge >= 0.3 is 0 Å². The van der Waals surface area contributed by atoms with Gasteiger partial charge in [-0.2, -0.15) is 0 Å². The minimum atomic E-state index is -3.49. The number of benzene rings is 1. The molecule has 1 fully saturated rings. The number of anilines is 1. The van der Waals surface area contributed by atoms with E-state index in [0.29, 0.717) is 10.8 Å². The Hall–Kier alpha value is -1.93. The van der Waals surface area contributed by atoms with E-state index in [-0.39, 0.29) is 6.04 Å². The van der Waals surface area contributed by atoms with Gasteiger partial charge in [-0.15, -0.1) is 5.10 Å². The van der Waals surface area contributed by atoms with Gasteiger partial charge in [-0.25, -0.2) is 13.1 Å². The largest absolute Gasteiger partial charge is 0.377 e. The fraction of sp³-hybridized carbons (Fsp3) is 0.500. The maximum absolute atomic E-state index is 12.6. The van der Waals surface area contributed by atoms with Crippen LogP contribution in [-0.4, -0.2) is 43.5 Å². The third-order valence-corrected chi connectivity index (χ3v) is 5.97. The predicted molar refractivity (Wildman–Crippen MR) is 92.4 cm³/mol. The number of rotatable bonds is 6. The van der Waals surface area contributed by atoms with Crippen molar-refractivity contribution >= 4 is 15.7 Å². The van der Waals surface area contributed by atoms with E-state index in [0.717, 1.165) is 30.6 Å². The van der Waals surface area contributed by atoms with Crippen molar-refractivity contribution in [3.05, 3.63) is 36.2 Å². The molecule has 0 radical (unpaired) electrons. The van der Waals surface area contributed by atoms with E-state index in [9.17, 15) is 8.42 Å². The third kappa shape index (κ3) is 3.59. The molecule has 0 bridgehead atoms. The molecule has 1 heterocycles. The molecule has 0 aliphatic heterocycles. The SMILES string of the molecule is Cc1ccc(S(=O)(=O)NC2CC(Cn3ccnn3)C2)cc1N(C)C. The van der Waals surface area contributed by atoms with Crippen LogP contribution in [0.3, 0.4) is 0 Å². The van der Waals surface area contributed by atoms with Gasteiger partial charge < -0.3 is 4.90 Å². The van der Waals surface area contributed by atoms with Crippen LogP contribution in [0.4, 0.5) is 5.69 Å². The van der Waals surface area contributed by atoms with E-state index in [1.165, 1.54) is 0 Å². The number of hydrogen-bond acceptors (Lipinski definition) is 5. The standard InChI is InChI=1S/C16H23N5O2S/c1-12-4-5-15(10-16(12)20(2)3)24(22,23)18-14-8-13(9-14)11-21-7-6-17-19-21/h4-7,10,13-14,18H,8-9,11H2,1-3H3. The Morgan fingerprint density at radius 1 is 1.33 bits per heavy atom. The number of nitrogens with one attached hydrogen (secondary N) is 1. The van der Waals surface area contributed by atoms with Crippen molar-refractivity contribution in [1.29, 1.82) is 0 Å². The van der Waals surface area contributed by atoms with Crippen LogP contribution in [-0.2, 0) is 16.6 Å². The molecule has 0 unspecified atom stereocenters. The Kier molecular flexibility index (Phi) is 4.60. The lowest BCUT2D eigenvalue weighted by atomic mass is 9.81. The van der Waals surface area contributed by atoms with Crippen molar-refractivity contribution in [2.24, 2.45) is 5.92 Å². The third-order valence-electron chi connectivity index (χ3n) is 4.45. The molecule has 1 aliphatic rings. The van der Waals surface area contributed by atoms with Crippen LogP contribution in [0.25, 0.3) is 0 Å². The topological polar surface area (TPSA) is 80.1 Å². The summed E-state index contributed by atoms with van der Waals surface area (Å²) in [7, 11) is 0.329. The molecule has 1 aromatic heterocycles. The van der Waals surface area contributed by atoms with Gasteiger partial charge in [0, 0.05) is 38.6 Å². The summed E-state index contributed by atoms with van der Waals surface area (Å²) in [5.74, 6) is 0.440. The Bertz CT molecular complexity index is 796. The molecule has 0 atom stereocenters. The molecule has 0 amide bonds. The average Bonchev–Trinajstić information content (AvgIpc) is 2.97. The van der Waals surface area contributed by atoms with Crippen LogP contribution < -0.4 is 9.62 Å². The Labute approximate surface area is 142 Å². The first kappa shape index (κ1) is 16.9. The molecule has 3 rings (SSSR count). The molecule has 1 aliphatic carbocycles. The lowest BCUT2D eigenvalue weighted by Crippen LogP contribution is -2.45. The molecule has 8 heteroatoms. The molecular formula is C16H23N5O2S. The zero-order valence-electron chi connectivity index (χ0n) is 14.2. The number of sulfonamides is 1. The lowest BCUT2D eigenvalue weighted by Gasteiger charge is -2.35. The van der Waals surface area contributed by atoms with Crippen LogP contribution in [0.15, 0.2) is 35.5 Å². The van der Waals surface area contributed by atoms with E-state index < -0.39 is 10.0 Å². The minimum Gasteiger partial charge on any atom is -0.377 e. The van der Waals surface area contributed by atoms with Crippen molar-refractivity contribution in [2.45, 2.75) is 37.2 Å². The highest BCUT2D eigenvalue weighted by Crippen LogP contribution is 2.30. The molecule has 0 saturated heterocycles. The smallest absolute Gasteiger partial charge is 0.240 e. The summed E-state index contributed by atoms with van der Waals surface area (Å²) in [5.41, 5.74) is 1.96. The van der Waals surface area contributed by atoms with Crippen molar-refractivity contribution in [2.75, 3.05) is 19.0 Å². The highest BCUT2D eigenvalue weighted by Gasteiger charge is 2.33. The van der Waals surface area contributed by atoms with Crippen molar-refractivity contribution in [3.63, 3.8) is 0 Å². The number of aryl methyl sites for hydroxylation is 1. The number of nitrogens with zero attached hydrogens (tertiary/aromatic N) is 4. The van der Waals surface area contributed by atoms with E-state index in [1.54, 1.807) is 23.0 Å². The Morgan fingerprint density at radius 3 is 2.71 bits per heavy atom. The van der Waals surface area contributed by atoms with Gasteiger partial charge in [0.25, 0.3) is 0 Å². The first-order chi connectivity index (χ1) is 11.3. The van der Waals surface area contributed by atoms with Crippen molar-refractivity contribution < 1.29 is 8.42 Å². The molecule has 1 saturated carbocycles. The van der Waals surface area contributed by atoms with E-state index in [1.807, 2.05) is 38.2 Å². The zero-order valence-corrected chi connectivity index (χ0v) is 15.0. The first-order valence-corrected chi connectivity index (χ1v) is 9.48.